The number of rotatable bonds is 5. The highest BCUT2D eigenvalue weighted by Crippen LogP contribution is 2.47. The fourth-order valence-corrected chi connectivity index (χ4v) is 4.50. The lowest BCUT2D eigenvalue weighted by atomic mass is 9.96. The quantitative estimate of drug-likeness (QED) is 0.795. The summed E-state index contributed by atoms with van der Waals surface area (Å²) in [5, 5.41) is 0. The number of carbonyl (C=O) groups is 2. The van der Waals surface area contributed by atoms with E-state index in [0.717, 1.165) is 23.3 Å². The Kier molecular flexibility index (Phi) is 3.94. The molecular formula is C19H17FN2O4S. The molecule has 0 atom stereocenters. The van der Waals surface area contributed by atoms with E-state index in [2.05, 4.69) is 4.72 Å². The van der Waals surface area contributed by atoms with Gasteiger partial charge in [0.05, 0.1) is 16.0 Å². The lowest BCUT2D eigenvalue weighted by Crippen LogP contribution is -2.32. The van der Waals surface area contributed by atoms with E-state index in [-0.39, 0.29) is 33.8 Å². The summed E-state index contributed by atoms with van der Waals surface area (Å²) >= 11 is 0. The molecule has 27 heavy (non-hydrogen) atoms. The van der Waals surface area contributed by atoms with Crippen LogP contribution in [0.1, 0.15) is 39.1 Å². The first-order chi connectivity index (χ1) is 12.7. The second-order valence-electron chi connectivity index (χ2n) is 6.99. The Morgan fingerprint density at radius 2 is 1.67 bits per heavy atom. The van der Waals surface area contributed by atoms with E-state index in [4.69, 9.17) is 0 Å². The first kappa shape index (κ1) is 17.8. The Labute approximate surface area is 156 Å². The minimum atomic E-state index is -3.86. The number of amides is 2. The second kappa shape index (κ2) is 5.97. The largest absolute Gasteiger partial charge is 0.277 e. The summed E-state index contributed by atoms with van der Waals surface area (Å²) in [4.78, 5) is 24.9. The van der Waals surface area contributed by atoms with Gasteiger partial charge >= 0.3 is 0 Å². The van der Waals surface area contributed by atoms with Crippen LogP contribution in [0.2, 0.25) is 0 Å². The zero-order valence-electron chi connectivity index (χ0n) is 14.5. The van der Waals surface area contributed by atoms with Gasteiger partial charge in [-0.3, -0.25) is 14.5 Å². The fraction of sp³-hybridized carbons (Fsp3) is 0.263. The van der Waals surface area contributed by atoms with Crippen molar-refractivity contribution in [2.24, 2.45) is 0 Å². The average Bonchev–Trinajstić information content (AvgIpc) is 3.42. The number of nitrogens with zero attached hydrogens (tertiary/aromatic N) is 1. The van der Waals surface area contributed by atoms with Crippen LogP contribution in [0, 0.1) is 5.82 Å². The highest BCUT2D eigenvalue weighted by molar-refractivity contribution is 7.89. The van der Waals surface area contributed by atoms with Crippen molar-refractivity contribution in [1.29, 1.82) is 0 Å². The van der Waals surface area contributed by atoms with E-state index in [0.29, 0.717) is 0 Å². The molecule has 1 N–H and O–H groups in total. The van der Waals surface area contributed by atoms with Crippen molar-refractivity contribution in [2.45, 2.75) is 23.2 Å². The summed E-state index contributed by atoms with van der Waals surface area (Å²) in [6.07, 6.45) is 1.62. The molecule has 1 fully saturated rings. The smallest absolute Gasteiger partial charge is 0.261 e. The Hall–Kier alpha value is -2.58. The molecule has 140 valence electrons. The SMILES string of the molecule is CN1C(=O)c2ccc(S(=O)(=O)NCC3(c4ccc(F)cc4)CC3)cc2C1=O. The number of nitrogens with one attached hydrogen (secondary N) is 1. The lowest BCUT2D eigenvalue weighted by Gasteiger charge is -2.17. The van der Waals surface area contributed by atoms with Crippen LogP contribution in [0.15, 0.2) is 47.4 Å². The van der Waals surface area contributed by atoms with Crippen molar-refractivity contribution in [3.05, 3.63) is 65.0 Å². The van der Waals surface area contributed by atoms with E-state index < -0.39 is 21.8 Å². The van der Waals surface area contributed by atoms with Crippen molar-refractivity contribution in [2.75, 3.05) is 13.6 Å². The van der Waals surface area contributed by atoms with Crippen LogP contribution >= 0.6 is 0 Å². The molecule has 2 aromatic rings. The maximum Gasteiger partial charge on any atom is 0.261 e. The highest BCUT2D eigenvalue weighted by atomic mass is 32.2. The average molecular weight is 388 g/mol. The van der Waals surface area contributed by atoms with Gasteiger partial charge in [-0.15, -0.1) is 0 Å². The van der Waals surface area contributed by atoms with Gasteiger partial charge in [-0.05, 0) is 48.7 Å². The van der Waals surface area contributed by atoms with Crippen LogP contribution < -0.4 is 4.72 Å². The molecule has 0 spiro atoms. The van der Waals surface area contributed by atoms with Crippen molar-refractivity contribution in [3.63, 3.8) is 0 Å². The summed E-state index contributed by atoms with van der Waals surface area (Å²) < 4.78 is 41.1. The van der Waals surface area contributed by atoms with Crippen LogP contribution in [-0.2, 0) is 15.4 Å². The maximum absolute atomic E-state index is 13.1. The van der Waals surface area contributed by atoms with Crippen LogP contribution in [0.4, 0.5) is 4.39 Å². The zero-order valence-corrected chi connectivity index (χ0v) is 15.3. The number of hydrogen-bond acceptors (Lipinski definition) is 4. The number of sulfonamides is 1. The number of imide groups is 1. The third-order valence-corrected chi connectivity index (χ3v) is 6.68. The Morgan fingerprint density at radius 3 is 2.30 bits per heavy atom. The molecule has 1 saturated carbocycles. The number of halogens is 1. The van der Waals surface area contributed by atoms with E-state index in [1.54, 1.807) is 12.1 Å². The molecule has 1 aliphatic heterocycles. The van der Waals surface area contributed by atoms with Crippen LogP contribution in [0.3, 0.4) is 0 Å². The van der Waals surface area contributed by atoms with Gasteiger partial charge in [0.2, 0.25) is 10.0 Å². The van der Waals surface area contributed by atoms with E-state index in [1.165, 1.54) is 37.4 Å². The van der Waals surface area contributed by atoms with Gasteiger partial charge in [0.25, 0.3) is 11.8 Å². The third-order valence-electron chi connectivity index (χ3n) is 5.28. The number of benzene rings is 2. The predicted octanol–water partition coefficient (Wildman–Crippen LogP) is 2.06. The first-order valence-electron chi connectivity index (χ1n) is 8.46. The van der Waals surface area contributed by atoms with E-state index in [1.807, 2.05) is 0 Å². The van der Waals surface area contributed by atoms with Gasteiger partial charge in [0.15, 0.2) is 0 Å². The lowest BCUT2D eigenvalue weighted by molar-refractivity contribution is 0.0693. The van der Waals surface area contributed by atoms with Crippen LogP contribution in [-0.4, -0.2) is 38.7 Å². The first-order valence-corrected chi connectivity index (χ1v) is 9.94. The summed E-state index contributed by atoms with van der Waals surface area (Å²) in [7, 11) is -2.50. The fourth-order valence-electron chi connectivity index (χ4n) is 3.35. The molecule has 6 nitrogen and oxygen atoms in total. The summed E-state index contributed by atoms with van der Waals surface area (Å²) in [6, 6.07) is 9.99. The minimum Gasteiger partial charge on any atom is -0.277 e. The van der Waals surface area contributed by atoms with E-state index in [9.17, 15) is 22.4 Å². The molecular weight excluding hydrogens is 371 g/mol. The van der Waals surface area contributed by atoms with Gasteiger partial charge < -0.3 is 0 Å². The third kappa shape index (κ3) is 2.94. The van der Waals surface area contributed by atoms with E-state index >= 15 is 0 Å². The second-order valence-corrected chi connectivity index (χ2v) is 8.76. The van der Waals surface area contributed by atoms with Gasteiger partial charge in [-0.2, -0.15) is 0 Å². The summed E-state index contributed by atoms with van der Waals surface area (Å²) in [5.74, 6) is -1.30. The number of carbonyl (C=O) groups excluding carboxylic acids is 2. The molecule has 0 radical (unpaired) electrons. The van der Waals surface area contributed by atoms with Crippen molar-refractivity contribution < 1.29 is 22.4 Å². The topological polar surface area (TPSA) is 83.6 Å². The monoisotopic (exact) mass is 388 g/mol. The Bertz CT molecular complexity index is 1060. The van der Waals surface area contributed by atoms with Crippen molar-refractivity contribution in [3.8, 4) is 0 Å². The standard InChI is InChI=1S/C19H17FN2O4S/c1-22-17(23)15-7-6-14(10-16(15)18(22)24)27(25,26)21-11-19(8-9-19)12-2-4-13(20)5-3-12/h2-7,10,21H,8-9,11H2,1H3. The minimum absolute atomic E-state index is 0.0624. The zero-order chi connectivity index (χ0) is 19.4. The molecule has 0 saturated heterocycles. The van der Waals surface area contributed by atoms with Crippen LogP contribution in [0.25, 0.3) is 0 Å². The molecule has 4 rings (SSSR count). The number of fused-ring (bicyclic) bond motifs is 1. The molecule has 2 aliphatic rings. The maximum atomic E-state index is 13.1. The summed E-state index contributed by atoms with van der Waals surface area (Å²) in [5.41, 5.74) is 0.850. The van der Waals surface area contributed by atoms with Crippen molar-refractivity contribution in [1.82, 2.24) is 9.62 Å². The summed E-state index contributed by atoms with van der Waals surface area (Å²) in [6.45, 7) is 0.185. The molecule has 0 bridgehead atoms. The number of hydrogen-bond donors (Lipinski definition) is 1. The molecule has 2 amide bonds. The molecule has 1 aliphatic carbocycles. The van der Waals surface area contributed by atoms with Gasteiger partial charge in [-0.1, -0.05) is 12.1 Å². The van der Waals surface area contributed by atoms with Gasteiger partial charge in [-0.25, -0.2) is 17.5 Å². The normalized spacial score (nSPS) is 17.9. The molecule has 0 unspecified atom stereocenters. The molecule has 1 heterocycles. The molecule has 0 aromatic heterocycles. The van der Waals surface area contributed by atoms with Gasteiger partial charge in [0.1, 0.15) is 5.82 Å². The Balaban J connectivity index is 1.56. The molecule has 2 aromatic carbocycles. The molecule has 8 heteroatoms. The van der Waals surface area contributed by atoms with Gasteiger partial charge in [0, 0.05) is 19.0 Å². The predicted molar refractivity (Wildman–Crippen MR) is 95.4 cm³/mol. The Morgan fingerprint density at radius 1 is 1.04 bits per heavy atom. The van der Waals surface area contributed by atoms with Crippen molar-refractivity contribution >= 4 is 21.8 Å². The highest BCUT2D eigenvalue weighted by Gasteiger charge is 2.45. The van der Waals surface area contributed by atoms with Crippen LogP contribution in [0.5, 0.6) is 0 Å².